The highest BCUT2D eigenvalue weighted by atomic mass is 16.5. The van der Waals surface area contributed by atoms with Crippen molar-refractivity contribution in [3.8, 4) is 5.75 Å². The minimum Gasteiger partial charge on any atom is -0.424 e. The van der Waals surface area contributed by atoms with Gasteiger partial charge in [0.05, 0.1) is 0 Å². The van der Waals surface area contributed by atoms with E-state index in [1.54, 1.807) is 36.4 Å². The standard InChI is InChI=1S/C20H27N5O2/c1-4-13(2)11-14(3)12-19(26)27-17-8-6-5-7-15(17)24-25-16-9-10-18(21)23-20(16)22/h5-10,13-14H,4,11-12H2,1-3H3,(H4,21,22,23). The molecule has 1 aromatic heterocycles. The fourth-order valence-corrected chi connectivity index (χ4v) is 2.69. The number of nitrogens with zero attached hydrogens (tertiary/aromatic N) is 3. The van der Waals surface area contributed by atoms with Crippen molar-refractivity contribution < 1.29 is 9.53 Å². The second-order valence-electron chi connectivity index (χ2n) is 6.84. The van der Waals surface area contributed by atoms with Gasteiger partial charge in [-0.05, 0) is 42.5 Å². The quantitative estimate of drug-likeness (QED) is 0.384. The Hall–Kier alpha value is -2.96. The molecule has 2 rings (SSSR count). The Morgan fingerprint density at radius 3 is 2.48 bits per heavy atom. The summed E-state index contributed by atoms with van der Waals surface area (Å²) in [6, 6.07) is 10.2. The van der Waals surface area contributed by atoms with Gasteiger partial charge in [0.2, 0.25) is 0 Å². The molecule has 0 aliphatic rings. The average molecular weight is 369 g/mol. The molecule has 7 nitrogen and oxygen atoms in total. The van der Waals surface area contributed by atoms with Crippen LogP contribution < -0.4 is 16.2 Å². The first kappa shape index (κ1) is 20.4. The molecule has 0 fully saturated rings. The maximum Gasteiger partial charge on any atom is 0.311 e. The predicted molar refractivity (Wildman–Crippen MR) is 107 cm³/mol. The highest BCUT2D eigenvalue weighted by molar-refractivity contribution is 5.74. The molecule has 0 radical (unpaired) electrons. The topological polar surface area (TPSA) is 116 Å². The lowest BCUT2D eigenvalue weighted by Gasteiger charge is -2.15. The van der Waals surface area contributed by atoms with Gasteiger partial charge >= 0.3 is 5.97 Å². The zero-order valence-corrected chi connectivity index (χ0v) is 16.1. The van der Waals surface area contributed by atoms with E-state index in [0.29, 0.717) is 35.3 Å². The van der Waals surface area contributed by atoms with Gasteiger partial charge in [0.15, 0.2) is 11.6 Å². The zero-order valence-electron chi connectivity index (χ0n) is 16.1. The lowest BCUT2D eigenvalue weighted by molar-refractivity contribution is -0.135. The van der Waals surface area contributed by atoms with E-state index in [9.17, 15) is 4.79 Å². The van der Waals surface area contributed by atoms with Crippen LogP contribution in [0.15, 0.2) is 46.6 Å². The van der Waals surface area contributed by atoms with Crippen molar-refractivity contribution in [2.75, 3.05) is 11.5 Å². The number of hydrogen-bond acceptors (Lipinski definition) is 7. The minimum atomic E-state index is -0.276. The third kappa shape index (κ3) is 6.36. The average Bonchev–Trinajstić information content (AvgIpc) is 2.61. The van der Waals surface area contributed by atoms with E-state index in [2.05, 4.69) is 36.0 Å². The Morgan fingerprint density at radius 2 is 1.78 bits per heavy atom. The van der Waals surface area contributed by atoms with Crippen LogP contribution in [0.1, 0.15) is 40.0 Å². The number of aromatic nitrogens is 1. The van der Waals surface area contributed by atoms with Gasteiger partial charge in [0.25, 0.3) is 0 Å². The van der Waals surface area contributed by atoms with Gasteiger partial charge in [-0.15, -0.1) is 10.2 Å². The number of pyridine rings is 1. The molecular formula is C20H27N5O2. The monoisotopic (exact) mass is 369 g/mol. The van der Waals surface area contributed by atoms with Crippen LogP contribution in [-0.4, -0.2) is 11.0 Å². The molecule has 1 aromatic carbocycles. The summed E-state index contributed by atoms with van der Waals surface area (Å²) in [6.45, 7) is 6.41. The van der Waals surface area contributed by atoms with Crippen molar-refractivity contribution in [3.05, 3.63) is 36.4 Å². The molecule has 1 heterocycles. The Balaban J connectivity index is 2.06. The summed E-state index contributed by atoms with van der Waals surface area (Å²) in [6.07, 6.45) is 2.47. The van der Waals surface area contributed by atoms with Crippen molar-refractivity contribution in [3.63, 3.8) is 0 Å². The van der Waals surface area contributed by atoms with E-state index in [0.717, 1.165) is 12.8 Å². The van der Waals surface area contributed by atoms with Crippen LogP contribution in [0.25, 0.3) is 0 Å². The molecule has 0 saturated heterocycles. The van der Waals surface area contributed by atoms with Gasteiger partial charge in [-0.1, -0.05) is 39.3 Å². The molecule has 2 aromatic rings. The summed E-state index contributed by atoms with van der Waals surface area (Å²) >= 11 is 0. The maximum atomic E-state index is 12.3. The van der Waals surface area contributed by atoms with E-state index in [1.165, 1.54) is 0 Å². The van der Waals surface area contributed by atoms with Gasteiger partial charge in [-0.2, -0.15) is 0 Å². The highest BCUT2D eigenvalue weighted by Gasteiger charge is 2.15. The van der Waals surface area contributed by atoms with Crippen LogP contribution in [0.5, 0.6) is 5.75 Å². The molecule has 0 bridgehead atoms. The third-order valence-corrected chi connectivity index (χ3v) is 4.30. The number of carbonyl (C=O) groups is 1. The van der Waals surface area contributed by atoms with E-state index < -0.39 is 0 Å². The number of nitrogen functional groups attached to an aromatic ring is 2. The van der Waals surface area contributed by atoms with Crippen LogP contribution in [0, 0.1) is 11.8 Å². The third-order valence-electron chi connectivity index (χ3n) is 4.30. The normalized spacial score (nSPS) is 13.4. The van der Waals surface area contributed by atoms with Crippen molar-refractivity contribution in [1.29, 1.82) is 0 Å². The molecule has 2 atom stereocenters. The molecule has 0 saturated carbocycles. The molecule has 4 N–H and O–H groups in total. The molecule has 7 heteroatoms. The van der Waals surface area contributed by atoms with Crippen molar-refractivity contribution in [2.45, 2.75) is 40.0 Å². The summed E-state index contributed by atoms with van der Waals surface area (Å²) in [5.41, 5.74) is 12.2. The molecule has 27 heavy (non-hydrogen) atoms. The van der Waals surface area contributed by atoms with Gasteiger partial charge < -0.3 is 16.2 Å². The van der Waals surface area contributed by atoms with Crippen LogP contribution >= 0.6 is 0 Å². The Morgan fingerprint density at radius 1 is 1.07 bits per heavy atom. The zero-order chi connectivity index (χ0) is 19.8. The Labute approximate surface area is 159 Å². The first-order valence-corrected chi connectivity index (χ1v) is 9.12. The number of para-hydroxylation sites is 1. The number of azo groups is 1. The Kier molecular flexibility index (Phi) is 7.28. The number of ether oxygens (including phenoxy) is 1. The second-order valence-corrected chi connectivity index (χ2v) is 6.84. The summed E-state index contributed by atoms with van der Waals surface area (Å²) in [5.74, 6) is 1.44. The van der Waals surface area contributed by atoms with Crippen LogP contribution in [0.2, 0.25) is 0 Å². The molecule has 2 unspecified atom stereocenters. The number of hydrogen-bond donors (Lipinski definition) is 2. The molecular weight excluding hydrogens is 342 g/mol. The smallest absolute Gasteiger partial charge is 0.311 e. The molecule has 0 aliphatic carbocycles. The van der Waals surface area contributed by atoms with Crippen molar-refractivity contribution in [2.24, 2.45) is 22.1 Å². The molecule has 144 valence electrons. The lowest BCUT2D eigenvalue weighted by atomic mass is 9.93. The van der Waals surface area contributed by atoms with E-state index >= 15 is 0 Å². The Bertz CT molecular complexity index is 807. The maximum absolute atomic E-state index is 12.3. The fourth-order valence-electron chi connectivity index (χ4n) is 2.69. The van der Waals surface area contributed by atoms with E-state index in [1.807, 2.05) is 0 Å². The first-order chi connectivity index (χ1) is 12.9. The number of carbonyl (C=O) groups excluding carboxylic acids is 1. The summed E-state index contributed by atoms with van der Waals surface area (Å²) in [5, 5.41) is 8.23. The van der Waals surface area contributed by atoms with Gasteiger partial charge in [-0.25, -0.2) is 4.98 Å². The first-order valence-electron chi connectivity index (χ1n) is 9.12. The fraction of sp³-hybridized carbons (Fsp3) is 0.400. The van der Waals surface area contributed by atoms with E-state index in [-0.39, 0.29) is 17.7 Å². The van der Waals surface area contributed by atoms with E-state index in [4.69, 9.17) is 16.2 Å². The van der Waals surface area contributed by atoms with Gasteiger partial charge in [-0.3, -0.25) is 4.79 Å². The number of nitrogens with two attached hydrogens (primary N) is 2. The largest absolute Gasteiger partial charge is 0.424 e. The second kappa shape index (κ2) is 9.66. The van der Waals surface area contributed by atoms with Gasteiger partial charge in [0, 0.05) is 6.42 Å². The SMILES string of the molecule is CCC(C)CC(C)CC(=O)Oc1ccccc1N=Nc1ccc(N)nc1N. The predicted octanol–water partition coefficient (Wildman–Crippen LogP) is 5.03. The molecule has 0 spiro atoms. The lowest BCUT2D eigenvalue weighted by Crippen LogP contribution is -2.14. The number of anilines is 2. The van der Waals surface area contributed by atoms with Crippen molar-refractivity contribution in [1.82, 2.24) is 4.98 Å². The molecule has 0 aliphatic heterocycles. The summed E-state index contributed by atoms with van der Waals surface area (Å²) in [7, 11) is 0. The van der Waals surface area contributed by atoms with Crippen molar-refractivity contribution >= 4 is 29.0 Å². The number of esters is 1. The summed E-state index contributed by atoms with van der Waals surface area (Å²) in [4.78, 5) is 16.2. The highest BCUT2D eigenvalue weighted by Crippen LogP contribution is 2.31. The van der Waals surface area contributed by atoms with Crippen LogP contribution in [-0.2, 0) is 4.79 Å². The van der Waals surface area contributed by atoms with Gasteiger partial charge in [0.1, 0.15) is 17.2 Å². The van der Waals surface area contributed by atoms with Crippen LogP contribution in [0.3, 0.4) is 0 Å². The summed E-state index contributed by atoms with van der Waals surface area (Å²) < 4.78 is 5.51. The number of benzene rings is 1. The van der Waals surface area contributed by atoms with Crippen LogP contribution in [0.4, 0.5) is 23.0 Å². The molecule has 0 amide bonds. The minimum absolute atomic E-state index is 0.187. The number of rotatable bonds is 8.